The van der Waals surface area contributed by atoms with Gasteiger partial charge in [0.2, 0.25) is 5.13 Å². The van der Waals surface area contributed by atoms with E-state index in [4.69, 9.17) is 0 Å². The van der Waals surface area contributed by atoms with Gasteiger partial charge < -0.3 is 0 Å². The summed E-state index contributed by atoms with van der Waals surface area (Å²) in [5.74, 6) is 0. The minimum Gasteiger partial charge on any atom is -0.256 e. The summed E-state index contributed by atoms with van der Waals surface area (Å²) in [4.78, 5) is 4.15. The van der Waals surface area contributed by atoms with Gasteiger partial charge in [-0.05, 0) is 12.1 Å². The zero-order chi connectivity index (χ0) is 8.55. The first-order chi connectivity index (χ1) is 5.79. The second-order valence-corrected chi connectivity index (χ2v) is 3.42. The summed E-state index contributed by atoms with van der Waals surface area (Å²) in [5.41, 5.74) is 0. The highest BCUT2D eigenvalue weighted by Crippen LogP contribution is 2.25. The van der Waals surface area contributed by atoms with E-state index < -0.39 is 0 Å². The Balaban J connectivity index is 0.000000845. The topological polar surface area (TPSA) is 44.1 Å². The van der Waals surface area contributed by atoms with Gasteiger partial charge in [-0.25, -0.2) is 4.98 Å². The second-order valence-electron chi connectivity index (χ2n) is 2.54. The Kier molecular flexibility index (Phi) is 3.21. The maximum Gasteiger partial charge on any atom is 0.209 e. The van der Waals surface area contributed by atoms with Crippen LogP contribution < -0.4 is 5.01 Å². The molecule has 0 amide bonds. The highest BCUT2D eigenvalue weighted by atomic mass is 79.9. The Bertz CT molecular complexity index is 287. The molecule has 1 unspecified atom stereocenters. The molecular weight excluding hydrogens is 254 g/mol. The van der Waals surface area contributed by atoms with Crippen molar-refractivity contribution in [1.29, 1.82) is 0 Å². The fourth-order valence-electron chi connectivity index (χ4n) is 0.941. The monoisotopic (exact) mass is 263 g/mol. The van der Waals surface area contributed by atoms with E-state index in [0.29, 0.717) is 0 Å². The van der Waals surface area contributed by atoms with Crippen molar-refractivity contribution in [3.8, 4) is 0 Å². The predicted octanol–water partition coefficient (Wildman–Crippen LogP) is 2.10. The molecule has 5 nitrogen and oxygen atoms in total. The average Bonchev–Trinajstić information content (AvgIpc) is 2.64. The Morgan fingerprint density at radius 2 is 2.23 bits per heavy atom. The molecule has 0 N–H and O–H groups in total. The lowest BCUT2D eigenvalue weighted by Gasteiger charge is -2.18. The van der Waals surface area contributed by atoms with Crippen molar-refractivity contribution in [2.24, 2.45) is 10.4 Å². The molecule has 1 atom stereocenters. The summed E-state index contributed by atoms with van der Waals surface area (Å²) in [5, 5.41) is 14.3. The highest BCUT2D eigenvalue weighted by Gasteiger charge is 2.24. The van der Waals surface area contributed by atoms with E-state index in [-0.39, 0.29) is 23.1 Å². The molecule has 7 heteroatoms. The Morgan fingerprint density at radius 3 is 2.69 bits per heavy atom. The third-order valence-corrected chi connectivity index (χ3v) is 2.55. The Hall–Kier alpha value is -0.690. The van der Waals surface area contributed by atoms with Gasteiger partial charge in [0.15, 0.2) is 0 Å². The summed E-state index contributed by atoms with van der Waals surface area (Å²) in [6, 6.07) is 0. The van der Waals surface area contributed by atoms with Crippen molar-refractivity contribution < 1.29 is 0 Å². The van der Waals surface area contributed by atoms with E-state index >= 15 is 0 Å². The van der Waals surface area contributed by atoms with E-state index in [9.17, 15) is 0 Å². The number of hydrogen-bond acceptors (Lipinski definition) is 6. The molecule has 72 valence electrons. The van der Waals surface area contributed by atoms with Crippen LogP contribution in [0.4, 0.5) is 5.13 Å². The lowest BCUT2D eigenvalue weighted by atomic mass is 10.5. The summed E-state index contributed by atoms with van der Waals surface area (Å²) < 4.78 is 0. The minimum atomic E-state index is 0. The molecule has 0 saturated carbocycles. The number of thiazole rings is 1. The summed E-state index contributed by atoms with van der Waals surface area (Å²) in [6.45, 7) is 2.03. The Labute approximate surface area is 90.8 Å². The summed E-state index contributed by atoms with van der Waals surface area (Å²) in [6.07, 6.45) is 1.93. The number of rotatable bonds is 1. The van der Waals surface area contributed by atoms with E-state index in [0.717, 1.165) is 5.13 Å². The molecule has 1 aromatic heterocycles. The fourth-order valence-corrected chi connectivity index (χ4v) is 1.60. The van der Waals surface area contributed by atoms with Crippen molar-refractivity contribution in [2.45, 2.75) is 13.1 Å². The van der Waals surface area contributed by atoms with E-state index in [1.54, 1.807) is 27.6 Å². The molecule has 0 bridgehead atoms. The van der Waals surface area contributed by atoms with Crippen molar-refractivity contribution >= 4 is 33.4 Å². The van der Waals surface area contributed by atoms with E-state index in [2.05, 4.69) is 15.4 Å². The van der Waals surface area contributed by atoms with E-state index in [1.165, 1.54) is 0 Å². The van der Waals surface area contributed by atoms with Gasteiger partial charge in [0.25, 0.3) is 0 Å². The first-order valence-corrected chi connectivity index (χ1v) is 4.50. The molecular formula is C6H10BrN5S. The van der Waals surface area contributed by atoms with Gasteiger partial charge in [-0.3, -0.25) is 5.01 Å². The molecule has 2 heterocycles. The first-order valence-electron chi connectivity index (χ1n) is 3.62. The fraction of sp³-hybridized carbons (Fsp3) is 0.500. The smallest absolute Gasteiger partial charge is 0.209 e. The van der Waals surface area contributed by atoms with Crippen LogP contribution in [0.25, 0.3) is 0 Å². The lowest BCUT2D eigenvalue weighted by Crippen LogP contribution is -2.33. The third-order valence-electron chi connectivity index (χ3n) is 1.79. The molecule has 0 aliphatic carbocycles. The van der Waals surface area contributed by atoms with Gasteiger partial charge in [0, 0.05) is 18.6 Å². The molecule has 1 aliphatic heterocycles. The third kappa shape index (κ3) is 1.80. The molecule has 1 aliphatic rings. The van der Waals surface area contributed by atoms with Crippen molar-refractivity contribution in [1.82, 2.24) is 9.99 Å². The average molecular weight is 264 g/mol. The molecule has 0 saturated heterocycles. The van der Waals surface area contributed by atoms with Crippen LogP contribution in [0.1, 0.15) is 6.92 Å². The van der Waals surface area contributed by atoms with Crippen LogP contribution in [-0.4, -0.2) is 23.2 Å². The van der Waals surface area contributed by atoms with Gasteiger partial charge >= 0.3 is 0 Å². The van der Waals surface area contributed by atoms with Crippen LogP contribution in [0, 0.1) is 0 Å². The molecule has 0 aromatic carbocycles. The second kappa shape index (κ2) is 4.01. The number of anilines is 1. The minimum absolute atomic E-state index is 0. The number of hydrogen-bond donors (Lipinski definition) is 0. The number of nitrogens with zero attached hydrogens (tertiary/aromatic N) is 5. The standard InChI is InChI=1S/C6H9N5S.BrH/c1-5-10(2)8-9-11(5)6-7-3-4-12-6;/h3-5H,1-2H3;1H. The van der Waals surface area contributed by atoms with Gasteiger partial charge in [-0.2, -0.15) is 5.01 Å². The molecule has 1 aromatic rings. The SMILES string of the molecule is Br.CC1N(C)N=NN1c1nccs1. The zero-order valence-corrected chi connectivity index (χ0v) is 9.81. The highest BCUT2D eigenvalue weighted by molar-refractivity contribution is 8.93. The van der Waals surface area contributed by atoms with Crippen molar-refractivity contribution in [2.75, 3.05) is 12.1 Å². The van der Waals surface area contributed by atoms with Crippen LogP contribution >= 0.6 is 28.3 Å². The maximum atomic E-state index is 4.15. The van der Waals surface area contributed by atoms with Crippen molar-refractivity contribution in [3.05, 3.63) is 11.6 Å². The summed E-state index contributed by atoms with van der Waals surface area (Å²) in [7, 11) is 1.89. The van der Waals surface area contributed by atoms with Crippen LogP contribution in [0.15, 0.2) is 22.0 Å². The van der Waals surface area contributed by atoms with Crippen molar-refractivity contribution in [3.63, 3.8) is 0 Å². The number of halogens is 1. The Morgan fingerprint density at radius 1 is 1.46 bits per heavy atom. The van der Waals surface area contributed by atoms with Gasteiger partial charge in [-0.15, -0.1) is 28.3 Å². The maximum absolute atomic E-state index is 4.15. The molecule has 0 radical (unpaired) electrons. The number of aromatic nitrogens is 1. The molecule has 13 heavy (non-hydrogen) atoms. The predicted molar refractivity (Wildman–Crippen MR) is 57.0 cm³/mol. The molecule has 0 fully saturated rings. The largest absolute Gasteiger partial charge is 0.256 e. The lowest BCUT2D eigenvalue weighted by molar-refractivity contribution is 0.303. The first kappa shape index (κ1) is 10.4. The quantitative estimate of drug-likeness (QED) is 0.780. The normalized spacial score (nSPS) is 20.6. The van der Waals surface area contributed by atoms with Gasteiger partial charge in [0.05, 0.1) is 0 Å². The van der Waals surface area contributed by atoms with Crippen LogP contribution in [0.2, 0.25) is 0 Å². The zero-order valence-electron chi connectivity index (χ0n) is 7.28. The molecule has 2 rings (SSSR count). The van der Waals surface area contributed by atoms with Gasteiger partial charge in [-0.1, -0.05) is 5.22 Å². The van der Waals surface area contributed by atoms with Crippen LogP contribution in [0.3, 0.4) is 0 Å². The van der Waals surface area contributed by atoms with Crippen LogP contribution in [-0.2, 0) is 0 Å². The van der Waals surface area contributed by atoms with E-state index in [1.807, 2.05) is 19.4 Å². The summed E-state index contributed by atoms with van der Waals surface area (Å²) >= 11 is 1.56. The molecule has 0 spiro atoms. The van der Waals surface area contributed by atoms with Gasteiger partial charge in [0.1, 0.15) is 6.17 Å². The van der Waals surface area contributed by atoms with Crippen LogP contribution in [0.5, 0.6) is 0 Å².